The van der Waals surface area contributed by atoms with E-state index >= 15 is 0 Å². The zero-order valence-electron chi connectivity index (χ0n) is 22.6. The molecule has 1 aromatic rings. The van der Waals surface area contributed by atoms with E-state index in [-0.39, 0.29) is 23.8 Å². The summed E-state index contributed by atoms with van der Waals surface area (Å²) in [6, 6.07) is 6.62. The number of hydrogen-bond acceptors (Lipinski definition) is 6. The second-order valence-corrected chi connectivity index (χ2v) is 10.9. The molecule has 0 bridgehead atoms. The zero-order chi connectivity index (χ0) is 27.0. The molecule has 0 spiro atoms. The van der Waals surface area contributed by atoms with Gasteiger partial charge in [0.1, 0.15) is 5.60 Å². The third-order valence-electron chi connectivity index (χ3n) is 6.84. The molecule has 2 aliphatic rings. The number of amides is 3. The normalized spacial score (nSPS) is 18.8. The smallest absolute Gasteiger partial charge is 0.410 e. The van der Waals surface area contributed by atoms with E-state index in [0.29, 0.717) is 56.4 Å². The molecule has 9 nitrogen and oxygen atoms in total. The van der Waals surface area contributed by atoms with Gasteiger partial charge in [0.15, 0.2) is 0 Å². The van der Waals surface area contributed by atoms with Crippen LogP contribution in [0.1, 0.15) is 76.6 Å². The summed E-state index contributed by atoms with van der Waals surface area (Å²) < 4.78 is 10.4. The van der Waals surface area contributed by atoms with Crippen LogP contribution in [-0.2, 0) is 19.1 Å². The van der Waals surface area contributed by atoms with Gasteiger partial charge in [-0.1, -0.05) is 0 Å². The zero-order valence-corrected chi connectivity index (χ0v) is 22.6. The van der Waals surface area contributed by atoms with Crippen molar-refractivity contribution in [3.8, 4) is 0 Å². The predicted octanol–water partition coefficient (Wildman–Crippen LogP) is 4.47. The molecule has 2 saturated heterocycles. The quantitative estimate of drug-likeness (QED) is 0.537. The molecule has 1 N–H and O–H groups in total. The molecule has 0 saturated carbocycles. The molecule has 2 fully saturated rings. The van der Waals surface area contributed by atoms with Crippen molar-refractivity contribution >= 4 is 29.6 Å². The Morgan fingerprint density at radius 3 is 2.27 bits per heavy atom. The number of piperidine rings is 2. The summed E-state index contributed by atoms with van der Waals surface area (Å²) in [6.45, 7) is 10.1. The van der Waals surface area contributed by atoms with Gasteiger partial charge in [-0.05, 0) is 90.0 Å². The van der Waals surface area contributed by atoms with E-state index < -0.39 is 11.6 Å². The average molecular weight is 516 g/mol. The number of rotatable bonds is 7. The van der Waals surface area contributed by atoms with Crippen molar-refractivity contribution in [3.05, 3.63) is 29.8 Å². The number of carbonyl (C=O) groups excluding carboxylic acids is 4. The minimum atomic E-state index is -0.502. The van der Waals surface area contributed by atoms with Gasteiger partial charge in [0, 0.05) is 38.3 Å². The second kappa shape index (κ2) is 12.9. The highest BCUT2D eigenvalue weighted by Gasteiger charge is 2.30. The van der Waals surface area contributed by atoms with Crippen molar-refractivity contribution < 1.29 is 28.7 Å². The van der Waals surface area contributed by atoms with Crippen LogP contribution in [0.5, 0.6) is 0 Å². The minimum absolute atomic E-state index is 0.0888. The predicted molar refractivity (Wildman–Crippen MR) is 140 cm³/mol. The largest absolute Gasteiger partial charge is 0.462 e. The average Bonchev–Trinajstić information content (AvgIpc) is 2.87. The van der Waals surface area contributed by atoms with Gasteiger partial charge in [0.2, 0.25) is 11.8 Å². The Bertz CT molecular complexity index is 948. The van der Waals surface area contributed by atoms with Crippen molar-refractivity contribution in [1.29, 1.82) is 0 Å². The molecular formula is C28H41N3O6. The van der Waals surface area contributed by atoms with Crippen LogP contribution in [0.2, 0.25) is 0 Å². The maximum Gasteiger partial charge on any atom is 0.410 e. The van der Waals surface area contributed by atoms with Crippen LogP contribution in [-0.4, -0.2) is 72.1 Å². The first-order valence-corrected chi connectivity index (χ1v) is 13.4. The topological polar surface area (TPSA) is 105 Å². The van der Waals surface area contributed by atoms with Gasteiger partial charge < -0.3 is 24.6 Å². The van der Waals surface area contributed by atoms with Crippen molar-refractivity contribution in [2.75, 3.05) is 38.1 Å². The lowest BCUT2D eigenvalue weighted by Crippen LogP contribution is -2.44. The molecule has 2 heterocycles. The Morgan fingerprint density at radius 1 is 0.973 bits per heavy atom. The molecule has 9 heteroatoms. The maximum absolute atomic E-state index is 12.9. The number of nitrogens with one attached hydrogen (secondary N) is 1. The fourth-order valence-corrected chi connectivity index (χ4v) is 4.78. The number of esters is 1. The summed E-state index contributed by atoms with van der Waals surface area (Å²) in [6.07, 6.45) is 4.25. The third kappa shape index (κ3) is 8.76. The van der Waals surface area contributed by atoms with E-state index in [4.69, 9.17) is 9.47 Å². The van der Waals surface area contributed by atoms with E-state index in [1.165, 1.54) is 0 Å². The van der Waals surface area contributed by atoms with E-state index in [1.54, 1.807) is 36.1 Å². The number of hydrogen-bond donors (Lipinski definition) is 1. The van der Waals surface area contributed by atoms with Crippen molar-refractivity contribution in [2.24, 2.45) is 11.8 Å². The lowest BCUT2D eigenvalue weighted by atomic mass is 9.91. The van der Waals surface area contributed by atoms with Crippen LogP contribution in [0, 0.1) is 11.8 Å². The van der Waals surface area contributed by atoms with Gasteiger partial charge in [-0.15, -0.1) is 0 Å². The number of anilines is 1. The fourth-order valence-electron chi connectivity index (χ4n) is 4.78. The Hall–Kier alpha value is -3.10. The lowest BCUT2D eigenvalue weighted by Gasteiger charge is -2.34. The summed E-state index contributed by atoms with van der Waals surface area (Å²) in [5.74, 6) is -0.277. The standard InChI is InChI=1S/C28H41N3O6/c1-5-36-26(34)21-9-11-23(12-10-21)29-25(33)22-7-6-16-31(19-22)24(32)13-8-20-14-17-30(18-15-20)27(35)37-28(2,3)4/h9-12,20,22H,5-8,13-19H2,1-4H3,(H,29,33)/t22-/m1/s1. The summed E-state index contributed by atoms with van der Waals surface area (Å²) >= 11 is 0. The number of carbonyl (C=O) groups is 4. The van der Waals surface area contributed by atoms with Gasteiger partial charge >= 0.3 is 12.1 Å². The van der Waals surface area contributed by atoms with Crippen LogP contribution in [0.25, 0.3) is 0 Å². The number of nitrogens with zero attached hydrogens (tertiary/aromatic N) is 2. The molecule has 37 heavy (non-hydrogen) atoms. The third-order valence-corrected chi connectivity index (χ3v) is 6.84. The summed E-state index contributed by atoms with van der Waals surface area (Å²) in [5, 5.41) is 2.91. The molecule has 3 amide bonds. The Morgan fingerprint density at radius 2 is 1.65 bits per heavy atom. The molecule has 0 unspecified atom stereocenters. The number of ether oxygens (including phenoxy) is 2. The lowest BCUT2D eigenvalue weighted by molar-refractivity contribution is -0.135. The van der Waals surface area contributed by atoms with Gasteiger partial charge in [-0.3, -0.25) is 9.59 Å². The first-order chi connectivity index (χ1) is 17.6. The molecule has 0 aromatic heterocycles. The SMILES string of the molecule is CCOC(=O)c1ccc(NC(=O)[C@@H]2CCCN(C(=O)CCC3CCN(C(=O)OC(C)(C)C)CC3)C2)cc1. The first kappa shape index (κ1) is 28.5. The highest BCUT2D eigenvalue weighted by atomic mass is 16.6. The van der Waals surface area contributed by atoms with Crippen LogP contribution in [0.4, 0.5) is 10.5 Å². The molecule has 0 aliphatic carbocycles. The molecule has 1 atom stereocenters. The van der Waals surface area contributed by atoms with Crippen LogP contribution >= 0.6 is 0 Å². The molecule has 0 radical (unpaired) electrons. The Labute approximate surface area is 219 Å². The van der Waals surface area contributed by atoms with Gasteiger partial charge in [-0.25, -0.2) is 9.59 Å². The Kier molecular flexibility index (Phi) is 9.94. The van der Waals surface area contributed by atoms with Crippen LogP contribution in [0.15, 0.2) is 24.3 Å². The number of likely N-dealkylation sites (tertiary alicyclic amines) is 2. The van der Waals surface area contributed by atoms with E-state index in [9.17, 15) is 19.2 Å². The van der Waals surface area contributed by atoms with Gasteiger partial charge in [0.25, 0.3) is 0 Å². The maximum atomic E-state index is 12.9. The summed E-state index contributed by atoms with van der Waals surface area (Å²) in [7, 11) is 0. The van der Waals surface area contributed by atoms with Crippen molar-refractivity contribution in [2.45, 2.75) is 71.8 Å². The molecule has 3 rings (SSSR count). The van der Waals surface area contributed by atoms with Crippen molar-refractivity contribution in [1.82, 2.24) is 9.80 Å². The number of benzene rings is 1. The van der Waals surface area contributed by atoms with E-state index in [1.807, 2.05) is 25.7 Å². The first-order valence-electron chi connectivity index (χ1n) is 13.4. The van der Waals surface area contributed by atoms with E-state index in [0.717, 1.165) is 32.1 Å². The summed E-state index contributed by atoms with van der Waals surface area (Å²) in [5.41, 5.74) is 0.544. The Balaban J connectivity index is 1.41. The highest BCUT2D eigenvalue weighted by Crippen LogP contribution is 2.25. The molecule has 204 valence electrons. The molecular weight excluding hydrogens is 474 g/mol. The van der Waals surface area contributed by atoms with Crippen LogP contribution < -0.4 is 5.32 Å². The van der Waals surface area contributed by atoms with Gasteiger partial charge in [0.05, 0.1) is 18.1 Å². The molecule has 1 aromatic carbocycles. The van der Waals surface area contributed by atoms with Crippen molar-refractivity contribution in [3.63, 3.8) is 0 Å². The fraction of sp³-hybridized carbons (Fsp3) is 0.643. The summed E-state index contributed by atoms with van der Waals surface area (Å²) in [4.78, 5) is 53.4. The minimum Gasteiger partial charge on any atom is -0.462 e. The molecule has 2 aliphatic heterocycles. The monoisotopic (exact) mass is 515 g/mol. The second-order valence-electron chi connectivity index (χ2n) is 10.9. The van der Waals surface area contributed by atoms with Crippen LogP contribution in [0.3, 0.4) is 0 Å². The highest BCUT2D eigenvalue weighted by molar-refractivity contribution is 5.94. The van der Waals surface area contributed by atoms with E-state index in [2.05, 4.69) is 5.32 Å². The van der Waals surface area contributed by atoms with Gasteiger partial charge in [-0.2, -0.15) is 0 Å².